The molecule has 4 heteroatoms. The second-order valence-electron chi connectivity index (χ2n) is 5.79. The van der Waals surface area contributed by atoms with Gasteiger partial charge in [-0.05, 0) is 44.6 Å². The molecule has 0 aromatic heterocycles. The van der Waals surface area contributed by atoms with Gasteiger partial charge in [0.2, 0.25) is 0 Å². The molecule has 2 rings (SSSR count). The highest BCUT2D eigenvalue weighted by molar-refractivity contribution is 6.36. The average molecular weight is 314 g/mol. The summed E-state index contributed by atoms with van der Waals surface area (Å²) in [5.74, 6) is 0.234. The Morgan fingerprint density at radius 1 is 1.15 bits per heavy atom. The first-order valence-corrected chi connectivity index (χ1v) is 7.86. The SMILES string of the molecule is CN(C)C1(C(=O)Cc2c(Cl)cccc2Cl)CCCCC1. The van der Waals surface area contributed by atoms with Gasteiger partial charge >= 0.3 is 0 Å². The van der Waals surface area contributed by atoms with E-state index < -0.39 is 0 Å². The average Bonchev–Trinajstić information content (AvgIpc) is 2.43. The number of halogens is 2. The van der Waals surface area contributed by atoms with Crippen molar-refractivity contribution in [2.45, 2.75) is 44.1 Å². The van der Waals surface area contributed by atoms with Crippen LogP contribution in [-0.2, 0) is 11.2 Å². The number of Topliss-reactive ketones (excluding diaryl/α,β-unsaturated/α-hetero) is 1. The van der Waals surface area contributed by atoms with Crippen LogP contribution in [0.5, 0.6) is 0 Å². The maximum absolute atomic E-state index is 12.9. The summed E-state index contributed by atoms with van der Waals surface area (Å²) in [6, 6.07) is 5.39. The Labute approximate surface area is 131 Å². The minimum Gasteiger partial charge on any atom is -0.297 e. The first kappa shape index (κ1) is 15.8. The molecule has 110 valence electrons. The lowest BCUT2D eigenvalue weighted by Gasteiger charge is -2.41. The van der Waals surface area contributed by atoms with Gasteiger partial charge in [0.15, 0.2) is 5.78 Å². The van der Waals surface area contributed by atoms with Gasteiger partial charge in [0.05, 0.1) is 5.54 Å². The first-order chi connectivity index (χ1) is 9.47. The standard InChI is InChI=1S/C16H21Cl2NO/c1-19(2)16(9-4-3-5-10-16)15(20)11-12-13(17)7-6-8-14(12)18/h6-8H,3-5,9-11H2,1-2H3. The van der Waals surface area contributed by atoms with Crippen LogP contribution in [0.1, 0.15) is 37.7 Å². The van der Waals surface area contributed by atoms with Crippen LogP contribution < -0.4 is 0 Å². The molecule has 20 heavy (non-hydrogen) atoms. The van der Waals surface area contributed by atoms with Gasteiger partial charge in [-0.1, -0.05) is 48.5 Å². The van der Waals surface area contributed by atoms with Crippen LogP contribution in [-0.4, -0.2) is 30.3 Å². The van der Waals surface area contributed by atoms with Crippen LogP contribution >= 0.6 is 23.2 Å². The molecule has 0 heterocycles. The van der Waals surface area contributed by atoms with Crippen molar-refractivity contribution >= 4 is 29.0 Å². The summed E-state index contributed by atoms with van der Waals surface area (Å²) < 4.78 is 0. The highest BCUT2D eigenvalue weighted by Crippen LogP contribution is 2.35. The van der Waals surface area contributed by atoms with E-state index >= 15 is 0 Å². The third kappa shape index (κ3) is 3.03. The van der Waals surface area contributed by atoms with E-state index in [1.54, 1.807) is 18.2 Å². The topological polar surface area (TPSA) is 20.3 Å². The second kappa shape index (κ2) is 6.46. The van der Waals surface area contributed by atoms with Crippen molar-refractivity contribution in [2.24, 2.45) is 0 Å². The van der Waals surface area contributed by atoms with Crippen LogP contribution in [0.3, 0.4) is 0 Å². The van der Waals surface area contributed by atoms with Crippen LogP contribution in [0.15, 0.2) is 18.2 Å². The Morgan fingerprint density at radius 3 is 2.20 bits per heavy atom. The number of rotatable bonds is 4. The summed E-state index contributed by atoms with van der Waals surface area (Å²) in [5, 5.41) is 1.16. The Morgan fingerprint density at radius 2 is 1.70 bits per heavy atom. The van der Waals surface area contributed by atoms with E-state index in [0.717, 1.165) is 31.2 Å². The molecule has 0 unspecified atom stereocenters. The van der Waals surface area contributed by atoms with Crippen LogP contribution in [0.2, 0.25) is 10.0 Å². The molecule has 1 aliphatic rings. The highest BCUT2D eigenvalue weighted by atomic mass is 35.5. The third-order valence-electron chi connectivity index (χ3n) is 4.45. The van der Waals surface area contributed by atoms with Gasteiger partial charge in [0, 0.05) is 16.5 Å². The number of carbonyl (C=O) groups is 1. The van der Waals surface area contributed by atoms with E-state index in [9.17, 15) is 4.79 Å². The fourth-order valence-electron chi connectivity index (χ4n) is 3.14. The molecule has 2 nitrogen and oxygen atoms in total. The smallest absolute Gasteiger partial charge is 0.157 e. The molecular formula is C16H21Cl2NO. The Bertz CT molecular complexity index is 473. The van der Waals surface area contributed by atoms with Crippen molar-refractivity contribution in [3.63, 3.8) is 0 Å². The molecular weight excluding hydrogens is 293 g/mol. The Balaban J connectivity index is 2.25. The molecule has 0 amide bonds. The van der Waals surface area contributed by atoms with Gasteiger partial charge in [-0.3, -0.25) is 9.69 Å². The molecule has 1 saturated carbocycles. The molecule has 0 spiro atoms. The highest BCUT2D eigenvalue weighted by Gasteiger charge is 2.41. The van der Waals surface area contributed by atoms with E-state index in [-0.39, 0.29) is 11.3 Å². The van der Waals surface area contributed by atoms with Crippen molar-refractivity contribution in [1.82, 2.24) is 4.90 Å². The van der Waals surface area contributed by atoms with Crippen LogP contribution in [0.25, 0.3) is 0 Å². The molecule has 0 aliphatic heterocycles. The van der Waals surface area contributed by atoms with Crippen molar-refractivity contribution in [3.8, 4) is 0 Å². The zero-order valence-electron chi connectivity index (χ0n) is 12.1. The van der Waals surface area contributed by atoms with Crippen molar-refractivity contribution in [3.05, 3.63) is 33.8 Å². The van der Waals surface area contributed by atoms with Crippen molar-refractivity contribution < 1.29 is 4.79 Å². The zero-order valence-corrected chi connectivity index (χ0v) is 13.6. The van der Waals surface area contributed by atoms with Gasteiger partial charge in [-0.2, -0.15) is 0 Å². The number of benzene rings is 1. The monoisotopic (exact) mass is 313 g/mol. The van der Waals surface area contributed by atoms with E-state index in [0.29, 0.717) is 16.5 Å². The summed E-state index contributed by atoms with van der Waals surface area (Å²) in [7, 11) is 3.99. The van der Waals surface area contributed by atoms with Crippen molar-refractivity contribution in [2.75, 3.05) is 14.1 Å². The number of hydrogen-bond acceptors (Lipinski definition) is 2. The quantitative estimate of drug-likeness (QED) is 0.822. The minimum absolute atomic E-state index is 0.234. The molecule has 1 aromatic rings. The maximum Gasteiger partial charge on any atom is 0.157 e. The minimum atomic E-state index is -0.346. The van der Waals surface area contributed by atoms with Gasteiger partial charge < -0.3 is 0 Å². The Hall–Kier alpha value is -0.570. The fourth-order valence-corrected chi connectivity index (χ4v) is 3.67. The number of nitrogens with zero attached hydrogens (tertiary/aromatic N) is 1. The molecule has 0 saturated heterocycles. The molecule has 0 bridgehead atoms. The normalized spacial score (nSPS) is 18.2. The van der Waals surface area contributed by atoms with Crippen LogP contribution in [0, 0.1) is 0 Å². The van der Waals surface area contributed by atoms with E-state index in [1.807, 2.05) is 14.1 Å². The number of ketones is 1. The lowest BCUT2D eigenvalue weighted by Crippen LogP contribution is -2.53. The molecule has 0 atom stereocenters. The summed E-state index contributed by atoms with van der Waals surface area (Å²) in [6.45, 7) is 0. The summed E-state index contributed by atoms with van der Waals surface area (Å²) in [5.41, 5.74) is 0.411. The molecule has 0 radical (unpaired) electrons. The lowest BCUT2D eigenvalue weighted by molar-refractivity contribution is -0.131. The largest absolute Gasteiger partial charge is 0.297 e. The first-order valence-electron chi connectivity index (χ1n) is 7.11. The number of likely N-dealkylation sites (N-methyl/N-ethyl adjacent to an activating group) is 1. The third-order valence-corrected chi connectivity index (χ3v) is 5.16. The summed E-state index contributed by atoms with van der Waals surface area (Å²) in [6.07, 6.45) is 5.62. The maximum atomic E-state index is 12.9. The zero-order chi connectivity index (χ0) is 14.8. The summed E-state index contributed by atoms with van der Waals surface area (Å²) >= 11 is 12.4. The van der Waals surface area contributed by atoms with E-state index in [2.05, 4.69) is 4.90 Å². The predicted octanol–water partition coefficient (Wildman–Crippen LogP) is 4.37. The van der Waals surface area contributed by atoms with Gasteiger partial charge in [0.1, 0.15) is 0 Å². The van der Waals surface area contributed by atoms with Gasteiger partial charge in [-0.15, -0.1) is 0 Å². The Kier molecular flexibility index (Phi) is 5.11. The molecule has 1 aliphatic carbocycles. The van der Waals surface area contributed by atoms with Crippen molar-refractivity contribution in [1.29, 1.82) is 0 Å². The van der Waals surface area contributed by atoms with Crippen LogP contribution in [0.4, 0.5) is 0 Å². The predicted molar refractivity (Wildman–Crippen MR) is 84.7 cm³/mol. The van der Waals surface area contributed by atoms with Gasteiger partial charge in [0.25, 0.3) is 0 Å². The summed E-state index contributed by atoms with van der Waals surface area (Å²) in [4.78, 5) is 15.0. The van der Waals surface area contributed by atoms with E-state index in [4.69, 9.17) is 23.2 Å². The number of carbonyl (C=O) groups excluding carboxylic acids is 1. The lowest BCUT2D eigenvalue weighted by atomic mass is 9.76. The molecule has 1 aromatic carbocycles. The molecule has 0 N–H and O–H groups in total. The second-order valence-corrected chi connectivity index (χ2v) is 6.60. The number of hydrogen-bond donors (Lipinski definition) is 0. The fraction of sp³-hybridized carbons (Fsp3) is 0.562. The molecule has 1 fully saturated rings. The van der Waals surface area contributed by atoms with E-state index in [1.165, 1.54) is 6.42 Å². The van der Waals surface area contributed by atoms with Gasteiger partial charge in [-0.25, -0.2) is 0 Å².